The number of hydrogen-bond acceptors (Lipinski definition) is 4. The van der Waals surface area contributed by atoms with Gasteiger partial charge in [0.15, 0.2) is 6.10 Å². The van der Waals surface area contributed by atoms with E-state index in [9.17, 15) is 9.90 Å². The third kappa shape index (κ3) is 2.61. The molecule has 0 aliphatic heterocycles. The molecular formula is C14H18N2O3. The van der Waals surface area contributed by atoms with Crippen molar-refractivity contribution in [2.75, 3.05) is 6.61 Å². The zero-order valence-corrected chi connectivity index (χ0v) is 11.3. The number of benzene rings is 1. The number of imidazole rings is 1. The molecule has 1 N–H and O–H groups in total. The Morgan fingerprint density at radius 1 is 1.47 bits per heavy atom. The minimum atomic E-state index is -1.26. The molecule has 0 radical (unpaired) electrons. The maximum atomic E-state index is 11.5. The number of fused-ring (bicyclic) bond motifs is 1. The third-order valence-corrected chi connectivity index (χ3v) is 2.98. The molecular weight excluding hydrogens is 244 g/mol. The molecule has 102 valence electrons. The number of hydrogen-bond donors (Lipinski definition) is 1. The van der Waals surface area contributed by atoms with Gasteiger partial charge < -0.3 is 14.4 Å². The molecule has 0 aliphatic carbocycles. The number of nitrogens with zero attached hydrogens (tertiary/aromatic N) is 2. The van der Waals surface area contributed by atoms with Crippen LogP contribution in [0, 0.1) is 0 Å². The van der Waals surface area contributed by atoms with E-state index in [2.05, 4.69) is 18.8 Å². The number of aliphatic hydroxyl groups is 1. The molecule has 1 aromatic carbocycles. The third-order valence-electron chi connectivity index (χ3n) is 2.98. The summed E-state index contributed by atoms with van der Waals surface area (Å²) in [7, 11) is 0. The molecule has 19 heavy (non-hydrogen) atoms. The number of esters is 1. The van der Waals surface area contributed by atoms with Crippen molar-refractivity contribution in [1.29, 1.82) is 0 Å². The lowest BCUT2D eigenvalue weighted by molar-refractivity contribution is -0.153. The minimum Gasteiger partial charge on any atom is -0.464 e. The van der Waals surface area contributed by atoms with Crippen LogP contribution in [-0.4, -0.2) is 27.2 Å². The topological polar surface area (TPSA) is 64.3 Å². The molecule has 0 fully saturated rings. The fourth-order valence-electron chi connectivity index (χ4n) is 1.99. The lowest BCUT2D eigenvalue weighted by Crippen LogP contribution is -2.15. The summed E-state index contributed by atoms with van der Waals surface area (Å²) >= 11 is 0. The fraction of sp³-hybridized carbons (Fsp3) is 0.429. The smallest absolute Gasteiger partial charge is 0.339 e. The summed E-state index contributed by atoms with van der Waals surface area (Å²) in [5.74, 6) is -0.634. The summed E-state index contributed by atoms with van der Waals surface area (Å²) in [6, 6.07) is 5.62. The summed E-state index contributed by atoms with van der Waals surface area (Å²) in [5, 5.41) is 9.89. The Bertz CT molecular complexity index is 589. The molecule has 2 rings (SSSR count). The molecule has 1 aromatic heterocycles. The van der Waals surface area contributed by atoms with Crippen molar-refractivity contribution in [2.24, 2.45) is 0 Å². The second-order valence-electron chi connectivity index (χ2n) is 4.65. The largest absolute Gasteiger partial charge is 0.464 e. The molecule has 1 atom stereocenters. The molecule has 1 heterocycles. The van der Waals surface area contributed by atoms with E-state index < -0.39 is 12.1 Å². The highest BCUT2D eigenvalue weighted by molar-refractivity contribution is 5.81. The first-order valence-corrected chi connectivity index (χ1v) is 6.35. The van der Waals surface area contributed by atoms with Crippen LogP contribution in [0.15, 0.2) is 24.5 Å². The van der Waals surface area contributed by atoms with E-state index in [1.54, 1.807) is 25.4 Å². The van der Waals surface area contributed by atoms with E-state index in [0.717, 1.165) is 11.0 Å². The highest BCUT2D eigenvalue weighted by Gasteiger charge is 2.19. The molecule has 0 bridgehead atoms. The van der Waals surface area contributed by atoms with Crippen LogP contribution in [0.4, 0.5) is 0 Å². The lowest BCUT2D eigenvalue weighted by Gasteiger charge is -2.11. The van der Waals surface area contributed by atoms with Crippen LogP contribution in [0.3, 0.4) is 0 Å². The van der Waals surface area contributed by atoms with Crippen LogP contribution >= 0.6 is 0 Å². The Kier molecular flexibility index (Phi) is 3.85. The molecule has 0 saturated heterocycles. The van der Waals surface area contributed by atoms with Gasteiger partial charge in [-0.25, -0.2) is 9.78 Å². The highest BCUT2D eigenvalue weighted by Crippen LogP contribution is 2.22. The molecule has 1 unspecified atom stereocenters. The first kappa shape index (κ1) is 13.5. The number of aromatic nitrogens is 2. The number of aliphatic hydroxyl groups excluding tert-OH is 1. The SMILES string of the molecule is CCOC(=O)C(O)c1ccc2c(c1)ncn2C(C)C. The van der Waals surface area contributed by atoms with Crippen LogP contribution in [-0.2, 0) is 9.53 Å². The molecule has 5 heteroatoms. The molecule has 0 saturated carbocycles. The van der Waals surface area contributed by atoms with Gasteiger partial charge in [0, 0.05) is 6.04 Å². The second-order valence-corrected chi connectivity index (χ2v) is 4.65. The van der Waals surface area contributed by atoms with Gasteiger partial charge >= 0.3 is 5.97 Å². The fourth-order valence-corrected chi connectivity index (χ4v) is 1.99. The van der Waals surface area contributed by atoms with E-state index in [-0.39, 0.29) is 6.61 Å². The van der Waals surface area contributed by atoms with E-state index >= 15 is 0 Å². The molecule has 0 aliphatic rings. The normalized spacial score (nSPS) is 12.9. The summed E-state index contributed by atoms with van der Waals surface area (Å²) in [4.78, 5) is 15.8. The Morgan fingerprint density at radius 2 is 2.21 bits per heavy atom. The number of carbonyl (C=O) groups is 1. The van der Waals surface area contributed by atoms with Crippen molar-refractivity contribution in [3.05, 3.63) is 30.1 Å². The van der Waals surface area contributed by atoms with Crippen molar-refractivity contribution < 1.29 is 14.6 Å². The maximum Gasteiger partial charge on any atom is 0.339 e. The zero-order chi connectivity index (χ0) is 14.0. The van der Waals surface area contributed by atoms with Gasteiger partial charge in [-0.15, -0.1) is 0 Å². The van der Waals surface area contributed by atoms with E-state index in [1.165, 1.54) is 0 Å². The summed E-state index contributed by atoms with van der Waals surface area (Å²) < 4.78 is 6.84. The maximum absolute atomic E-state index is 11.5. The Morgan fingerprint density at radius 3 is 2.84 bits per heavy atom. The van der Waals surface area contributed by atoms with Crippen LogP contribution in [0.2, 0.25) is 0 Å². The molecule has 2 aromatic rings. The zero-order valence-electron chi connectivity index (χ0n) is 11.3. The van der Waals surface area contributed by atoms with Gasteiger partial charge in [0.1, 0.15) is 0 Å². The second kappa shape index (κ2) is 5.40. The van der Waals surface area contributed by atoms with Gasteiger partial charge in [-0.2, -0.15) is 0 Å². The Labute approximate surface area is 111 Å². The van der Waals surface area contributed by atoms with E-state index in [0.29, 0.717) is 11.6 Å². The van der Waals surface area contributed by atoms with Crippen molar-refractivity contribution in [3.8, 4) is 0 Å². The van der Waals surface area contributed by atoms with Gasteiger partial charge in [-0.3, -0.25) is 0 Å². The minimum absolute atomic E-state index is 0.250. The quantitative estimate of drug-likeness (QED) is 0.858. The predicted molar refractivity (Wildman–Crippen MR) is 71.7 cm³/mol. The van der Waals surface area contributed by atoms with Gasteiger partial charge in [-0.1, -0.05) is 6.07 Å². The summed E-state index contributed by atoms with van der Waals surface area (Å²) in [6.07, 6.45) is 0.504. The first-order valence-electron chi connectivity index (χ1n) is 6.35. The summed E-state index contributed by atoms with van der Waals surface area (Å²) in [5.41, 5.74) is 2.24. The Hall–Kier alpha value is -1.88. The van der Waals surface area contributed by atoms with Crippen molar-refractivity contribution in [2.45, 2.75) is 32.9 Å². The van der Waals surface area contributed by atoms with Crippen LogP contribution < -0.4 is 0 Å². The average molecular weight is 262 g/mol. The van der Waals surface area contributed by atoms with Crippen molar-refractivity contribution in [1.82, 2.24) is 9.55 Å². The molecule has 0 amide bonds. The Balaban J connectivity index is 2.35. The molecule has 0 spiro atoms. The number of rotatable bonds is 4. The van der Waals surface area contributed by atoms with Gasteiger partial charge in [0.25, 0.3) is 0 Å². The number of carbonyl (C=O) groups excluding carboxylic acids is 1. The van der Waals surface area contributed by atoms with Crippen LogP contribution in [0.1, 0.15) is 38.5 Å². The lowest BCUT2D eigenvalue weighted by atomic mass is 10.1. The highest BCUT2D eigenvalue weighted by atomic mass is 16.5. The standard InChI is InChI=1S/C14H18N2O3/c1-4-19-14(18)13(17)10-5-6-12-11(7-10)15-8-16(12)9(2)3/h5-9,13,17H,4H2,1-3H3. The van der Waals surface area contributed by atoms with Gasteiger partial charge in [0.05, 0.1) is 24.0 Å². The van der Waals surface area contributed by atoms with Gasteiger partial charge in [-0.05, 0) is 38.5 Å². The van der Waals surface area contributed by atoms with Gasteiger partial charge in [0.2, 0.25) is 0 Å². The van der Waals surface area contributed by atoms with Crippen molar-refractivity contribution >= 4 is 17.0 Å². The predicted octanol–water partition coefficient (Wildman–Crippen LogP) is 2.21. The van der Waals surface area contributed by atoms with E-state index in [1.807, 2.05) is 10.6 Å². The van der Waals surface area contributed by atoms with Crippen molar-refractivity contribution in [3.63, 3.8) is 0 Å². The molecule has 5 nitrogen and oxygen atoms in total. The summed E-state index contributed by atoms with van der Waals surface area (Å²) in [6.45, 7) is 6.10. The average Bonchev–Trinajstić information content (AvgIpc) is 2.80. The number of ether oxygens (including phenoxy) is 1. The van der Waals surface area contributed by atoms with Crippen LogP contribution in [0.5, 0.6) is 0 Å². The van der Waals surface area contributed by atoms with Crippen LogP contribution in [0.25, 0.3) is 11.0 Å². The first-order chi connectivity index (χ1) is 9.04. The van der Waals surface area contributed by atoms with E-state index in [4.69, 9.17) is 4.74 Å². The monoisotopic (exact) mass is 262 g/mol.